The van der Waals surface area contributed by atoms with Crippen molar-refractivity contribution in [1.82, 2.24) is 19.8 Å². The molecule has 1 fully saturated rings. The summed E-state index contributed by atoms with van der Waals surface area (Å²) in [5.41, 5.74) is 0.0450. The Hall–Kier alpha value is -1.90. The molecule has 1 saturated carbocycles. The summed E-state index contributed by atoms with van der Waals surface area (Å²) in [7, 11) is 0. The van der Waals surface area contributed by atoms with Gasteiger partial charge in [0.05, 0.1) is 6.61 Å². The number of aromatic nitrogens is 4. The molecule has 2 aromatic rings. The predicted molar refractivity (Wildman–Crippen MR) is 67.9 cm³/mol. The van der Waals surface area contributed by atoms with E-state index in [2.05, 4.69) is 15.3 Å². The van der Waals surface area contributed by atoms with Crippen molar-refractivity contribution in [1.29, 1.82) is 0 Å². The highest BCUT2D eigenvalue weighted by atomic mass is 19.4. The van der Waals surface area contributed by atoms with Crippen LogP contribution in [0.25, 0.3) is 5.65 Å². The summed E-state index contributed by atoms with van der Waals surface area (Å²) in [5.74, 6) is -0.747. The largest absolute Gasteiger partial charge is 0.453 e. The second-order valence-corrected chi connectivity index (χ2v) is 4.98. The van der Waals surface area contributed by atoms with Gasteiger partial charge in [-0.05, 0) is 31.4 Å². The molecule has 21 heavy (non-hydrogen) atoms. The molecule has 3 rings (SSSR count). The molecule has 0 atom stereocenters. The molecular weight excluding hydrogens is 287 g/mol. The van der Waals surface area contributed by atoms with Crippen LogP contribution >= 0.6 is 0 Å². The van der Waals surface area contributed by atoms with Crippen molar-refractivity contribution in [3.05, 3.63) is 18.0 Å². The number of aliphatic hydroxyl groups excluding tert-OH is 1. The first-order valence-electron chi connectivity index (χ1n) is 6.68. The van der Waals surface area contributed by atoms with Crippen molar-refractivity contribution in [2.24, 2.45) is 0 Å². The number of fused-ring (bicyclic) bond motifs is 1. The van der Waals surface area contributed by atoms with Crippen LogP contribution < -0.4 is 4.90 Å². The fourth-order valence-corrected chi connectivity index (χ4v) is 2.40. The molecule has 1 aliphatic rings. The molecule has 2 aromatic heterocycles. The third-order valence-electron chi connectivity index (χ3n) is 3.65. The first-order valence-corrected chi connectivity index (χ1v) is 6.68. The maximum Gasteiger partial charge on any atom is 0.453 e. The van der Waals surface area contributed by atoms with E-state index >= 15 is 0 Å². The number of alkyl halides is 3. The fourth-order valence-electron chi connectivity index (χ4n) is 2.40. The van der Waals surface area contributed by atoms with E-state index in [1.807, 2.05) is 4.90 Å². The molecule has 6 nitrogen and oxygen atoms in total. The minimum absolute atomic E-state index is 0.0450. The average molecular weight is 301 g/mol. The van der Waals surface area contributed by atoms with E-state index in [1.54, 1.807) is 6.07 Å². The Balaban J connectivity index is 2.02. The summed E-state index contributed by atoms with van der Waals surface area (Å²) in [4.78, 5) is 1.84. The summed E-state index contributed by atoms with van der Waals surface area (Å²) in [6.45, 7) is 0.261. The van der Waals surface area contributed by atoms with E-state index in [1.165, 1.54) is 6.07 Å². The molecule has 0 saturated heterocycles. The highest BCUT2D eigenvalue weighted by Gasteiger charge is 2.38. The van der Waals surface area contributed by atoms with E-state index in [-0.39, 0.29) is 18.3 Å². The Morgan fingerprint density at radius 2 is 2.05 bits per heavy atom. The van der Waals surface area contributed by atoms with Crippen LogP contribution in [0.4, 0.5) is 19.0 Å². The molecule has 1 aliphatic carbocycles. The standard InChI is InChI=1S/C12H14F3N5O/c13-12(14,15)11-17-16-9-4-5-10(18-20(9)11)19(6-7-21)8-2-1-3-8/h4-5,8,21H,1-3,6-7H2. The molecule has 0 amide bonds. The smallest absolute Gasteiger partial charge is 0.395 e. The van der Waals surface area contributed by atoms with Gasteiger partial charge in [-0.3, -0.25) is 0 Å². The first-order chi connectivity index (χ1) is 10.0. The molecule has 1 N–H and O–H groups in total. The van der Waals surface area contributed by atoms with Gasteiger partial charge in [0.1, 0.15) is 5.82 Å². The van der Waals surface area contributed by atoms with Crippen molar-refractivity contribution in [2.75, 3.05) is 18.1 Å². The van der Waals surface area contributed by atoms with Crippen LogP contribution in [0.1, 0.15) is 25.1 Å². The van der Waals surface area contributed by atoms with Gasteiger partial charge in [-0.15, -0.1) is 15.3 Å². The fraction of sp³-hybridized carbons (Fsp3) is 0.583. The Morgan fingerprint density at radius 3 is 2.62 bits per heavy atom. The molecule has 114 valence electrons. The first kappa shape index (κ1) is 14.1. The number of rotatable bonds is 4. The third-order valence-corrected chi connectivity index (χ3v) is 3.65. The predicted octanol–water partition coefficient (Wildman–Crippen LogP) is 1.49. The number of anilines is 1. The number of hydrogen-bond donors (Lipinski definition) is 1. The normalized spacial score (nSPS) is 16.2. The van der Waals surface area contributed by atoms with Gasteiger partial charge in [0, 0.05) is 12.6 Å². The van der Waals surface area contributed by atoms with Crippen molar-refractivity contribution < 1.29 is 18.3 Å². The molecule has 0 aromatic carbocycles. The SMILES string of the molecule is OCCN(c1ccc2nnc(C(F)(F)F)n2n1)C1CCC1. The van der Waals surface area contributed by atoms with Gasteiger partial charge >= 0.3 is 6.18 Å². The van der Waals surface area contributed by atoms with Crippen molar-refractivity contribution in [2.45, 2.75) is 31.5 Å². The van der Waals surface area contributed by atoms with Crippen LogP contribution in [-0.2, 0) is 6.18 Å². The van der Waals surface area contributed by atoms with Crippen LogP contribution in [0.3, 0.4) is 0 Å². The molecular formula is C12H14F3N5O. The zero-order valence-corrected chi connectivity index (χ0v) is 11.1. The van der Waals surface area contributed by atoms with Gasteiger partial charge in [0.2, 0.25) is 0 Å². The van der Waals surface area contributed by atoms with E-state index in [0.29, 0.717) is 16.9 Å². The van der Waals surface area contributed by atoms with E-state index < -0.39 is 12.0 Å². The molecule has 9 heteroatoms. The Labute approximate surface area is 118 Å². The van der Waals surface area contributed by atoms with Gasteiger partial charge < -0.3 is 10.0 Å². The van der Waals surface area contributed by atoms with Crippen LogP contribution in [-0.4, -0.2) is 44.1 Å². The van der Waals surface area contributed by atoms with E-state index in [4.69, 9.17) is 5.11 Å². The van der Waals surface area contributed by atoms with E-state index in [0.717, 1.165) is 19.3 Å². The topological polar surface area (TPSA) is 66.5 Å². The number of nitrogens with zero attached hydrogens (tertiary/aromatic N) is 5. The Bertz CT molecular complexity index is 637. The summed E-state index contributed by atoms with van der Waals surface area (Å²) in [5, 5.41) is 19.8. The highest BCUT2D eigenvalue weighted by Crippen LogP contribution is 2.30. The lowest BCUT2D eigenvalue weighted by atomic mass is 9.91. The summed E-state index contributed by atoms with van der Waals surface area (Å²) in [6, 6.07) is 3.28. The third kappa shape index (κ3) is 2.53. The molecule has 0 spiro atoms. The van der Waals surface area contributed by atoms with Crippen molar-refractivity contribution >= 4 is 11.5 Å². The lowest BCUT2D eigenvalue weighted by Gasteiger charge is -2.37. The van der Waals surface area contributed by atoms with Gasteiger partial charge in [0.25, 0.3) is 5.82 Å². The monoisotopic (exact) mass is 301 g/mol. The average Bonchev–Trinajstić information content (AvgIpc) is 2.78. The summed E-state index contributed by atoms with van der Waals surface area (Å²) < 4.78 is 39.3. The highest BCUT2D eigenvalue weighted by molar-refractivity contribution is 5.47. The minimum Gasteiger partial charge on any atom is -0.395 e. The molecule has 0 unspecified atom stereocenters. The molecule has 0 radical (unpaired) electrons. The maximum absolute atomic E-state index is 12.9. The molecule has 0 aliphatic heterocycles. The second-order valence-electron chi connectivity index (χ2n) is 4.98. The van der Waals surface area contributed by atoms with Crippen LogP contribution in [0, 0.1) is 0 Å². The minimum atomic E-state index is -4.61. The van der Waals surface area contributed by atoms with Gasteiger partial charge in [0.15, 0.2) is 5.65 Å². The summed E-state index contributed by atoms with van der Waals surface area (Å²) >= 11 is 0. The zero-order valence-electron chi connectivity index (χ0n) is 11.1. The van der Waals surface area contributed by atoms with Gasteiger partial charge in [-0.2, -0.15) is 17.7 Å². The summed E-state index contributed by atoms with van der Waals surface area (Å²) in [6.07, 6.45) is -1.62. The second kappa shape index (κ2) is 5.14. The van der Waals surface area contributed by atoms with Crippen LogP contribution in [0.5, 0.6) is 0 Å². The van der Waals surface area contributed by atoms with Crippen LogP contribution in [0.15, 0.2) is 12.1 Å². The zero-order chi connectivity index (χ0) is 15.0. The van der Waals surface area contributed by atoms with Crippen molar-refractivity contribution in [3.8, 4) is 0 Å². The number of halogens is 3. The Kier molecular flexibility index (Phi) is 3.44. The molecule has 0 bridgehead atoms. The quantitative estimate of drug-likeness (QED) is 0.927. The van der Waals surface area contributed by atoms with Gasteiger partial charge in [-0.1, -0.05) is 0 Å². The van der Waals surface area contributed by atoms with Crippen LogP contribution in [0.2, 0.25) is 0 Å². The van der Waals surface area contributed by atoms with Crippen molar-refractivity contribution in [3.63, 3.8) is 0 Å². The van der Waals surface area contributed by atoms with Gasteiger partial charge in [-0.25, -0.2) is 0 Å². The molecule has 2 heterocycles. The maximum atomic E-state index is 12.9. The lowest BCUT2D eigenvalue weighted by molar-refractivity contribution is -0.146. The lowest BCUT2D eigenvalue weighted by Crippen LogP contribution is -2.42. The Morgan fingerprint density at radius 1 is 1.29 bits per heavy atom. The number of hydrogen-bond acceptors (Lipinski definition) is 5. The number of aliphatic hydroxyl groups is 1. The van der Waals surface area contributed by atoms with E-state index in [9.17, 15) is 13.2 Å².